The quantitative estimate of drug-likeness (QED) is 0.295. The molecule has 0 saturated heterocycles. The molecule has 2 rings (SSSR count). The Kier molecular flexibility index (Phi) is 7.86. The maximum Gasteiger partial charge on any atom is 0.252 e. The SMILES string of the molecule is Cc1cccc(C(=O)N[C@H](NC(=S)Nc2cc(Cl)ccc2Cl)C(Cl)(Cl)Cl)c1. The molecule has 0 bridgehead atoms. The van der Waals surface area contributed by atoms with E-state index in [4.69, 9.17) is 70.2 Å². The molecule has 0 spiro atoms. The number of aryl methyl sites for hydroxylation is 1. The number of alkyl halides is 3. The lowest BCUT2D eigenvalue weighted by Gasteiger charge is -2.28. The topological polar surface area (TPSA) is 53.2 Å². The molecular weight excluding hydrogens is 472 g/mol. The number of benzene rings is 2. The van der Waals surface area contributed by atoms with Crippen molar-refractivity contribution in [1.82, 2.24) is 10.6 Å². The van der Waals surface area contributed by atoms with Gasteiger partial charge in [0.05, 0.1) is 10.7 Å². The van der Waals surface area contributed by atoms with E-state index in [9.17, 15) is 4.79 Å². The van der Waals surface area contributed by atoms with Gasteiger partial charge in [-0.1, -0.05) is 75.7 Å². The lowest BCUT2D eigenvalue weighted by atomic mass is 10.1. The van der Waals surface area contributed by atoms with Crippen LogP contribution in [0.2, 0.25) is 10.0 Å². The number of nitrogens with one attached hydrogen (secondary N) is 3. The summed E-state index contributed by atoms with van der Waals surface area (Å²) in [5, 5.41) is 9.17. The molecule has 2 aromatic carbocycles. The van der Waals surface area contributed by atoms with Crippen molar-refractivity contribution in [3.8, 4) is 0 Å². The summed E-state index contributed by atoms with van der Waals surface area (Å²) >= 11 is 35.2. The first-order valence-electron chi connectivity index (χ1n) is 7.53. The number of anilines is 1. The standard InChI is InChI=1S/C17H14Cl5N3OS/c1-9-3-2-4-10(7-9)14(26)24-15(17(20,21)22)25-16(27)23-13-8-11(18)5-6-12(13)19/h2-8,15H,1H3,(H,24,26)(H2,23,25,27)/t15-/m1/s1. The number of hydrogen-bond acceptors (Lipinski definition) is 2. The minimum atomic E-state index is -1.87. The summed E-state index contributed by atoms with van der Waals surface area (Å²) in [5.41, 5.74) is 1.82. The number of hydrogen-bond donors (Lipinski definition) is 3. The van der Waals surface area contributed by atoms with Crippen molar-refractivity contribution in [1.29, 1.82) is 0 Å². The number of thiocarbonyl (C=S) groups is 1. The van der Waals surface area contributed by atoms with Crippen LogP contribution in [0.5, 0.6) is 0 Å². The van der Waals surface area contributed by atoms with Crippen molar-refractivity contribution < 1.29 is 4.79 Å². The van der Waals surface area contributed by atoms with Gasteiger partial charge in [-0.25, -0.2) is 0 Å². The Morgan fingerprint density at radius 2 is 1.78 bits per heavy atom. The van der Waals surface area contributed by atoms with Crippen LogP contribution in [-0.2, 0) is 0 Å². The van der Waals surface area contributed by atoms with Gasteiger partial charge in [0, 0.05) is 10.6 Å². The molecule has 4 nitrogen and oxygen atoms in total. The molecule has 0 aromatic heterocycles. The number of halogens is 5. The van der Waals surface area contributed by atoms with Crippen LogP contribution in [0.25, 0.3) is 0 Å². The van der Waals surface area contributed by atoms with Crippen LogP contribution in [0.3, 0.4) is 0 Å². The van der Waals surface area contributed by atoms with Crippen LogP contribution in [0.4, 0.5) is 5.69 Å². The maximum absolute atomic E-state index is 12.5. The van der Waals surface area contributed by atoms with E-state index in [1.807, 2.05) is 13.0 Å². The van der Waals surface area contributed by atoms with E-state index in [0.717, 1.165) is 5.56 Å². The molecule has 2 aromatic rings. The first-order valence-corrected chi connectivity index (χ1v) is 9.83. The maximum atomic E-state index is 12.5. The van der Waals surface area contributed by atoms with Gasteiger partial charge in [-0.3, -0.25) is 4.79 Å². The van der Waals surface area contributed by atoms with Gasteiger partial charge in [0.15, 0.2) is 5.11 Å². The second kappa shape index (κ2) is 9.50. The van der Waals surface area contributed by atoms with Gasteiger partial charge in [-0.15, -0.1) is 0 Å². The second-order valence-electron chi connectivity index (χ2n) is 5.54. The fourth-order valence-electron chi connectivity index (χ4n) is 2.08. The molecule has 0 radical (unpaired) electrons. The smallest absolute Gasteiger partial charge is 0.252 e. The van der Waals surface area contributed by atoms with Crippen LogP contribution < -0.4 is 16.0 Å². The average Bonchev–Trinajstić information content (AvgIpc) is 2.56. The summed E-state index contributed by atoms with van der Waals surface area (Å²) in [7, 11) is 0. The third-order valence-corrected chi connectivity index (χ3v) is 4.77. The molecule has 0 fully saturated rings. The minimum Gasteiger partial charge on any atom is -0.339 e. The lowest BCUT2D eigenvalue weighted by molar-refractivity contribution is 0.0934. The van der Waals surface area contributed by atoms with Crippen molar-refractivity contribution in [3.63, 3.8) is 0 Å². The van der Waals surface area contributed by atoms with E-state index >= 15 is 0 Å². The highest BCUT2D eigenvalue weighted by Gasteiger charge is 2.35. The van der Waals surface area contributed by atoms with Crippen molar-refractivity contribution in [2.24, 2.45) is 0 Å². The highest BCUT2D eigenvalue weighted by atomic mass is 35.6. The molecule has 0 aliphatic carbocycles. The molecule has 0 aliphatic rings. The molecule has 144 valence electrons. The van der Waals surface area contributed by atoms with Gasteiger partial charge in [-0.05, 0) is 49.5 Å². The van der Waals surface area contributed by atoms with Crippen LogP contribution in [0, 0.1) is 6.92 Å². The third kappa shape index (κ3) is 6.86. The molecular formula is C17H14Cl5N3OS. The predicted octanol–water partition coefficient (Wildman–Crippen LogP) is 5.71. The number of carbonyl (C=O) groups is 1. The van der Waals surface area contributed by atoms with Crippen molar-refractivity contribution in [2.75, 3.05) is 5.32 Å². The van der Waals surface area contributed by atoms with E-state index in [-0.39, 0.29) is 5.11 Å². The Bertz CT molecular complexity index is 857. The molecule has 0 heterocycles. The molecule has 10 heteroatoms. The average molecular weight is 486 g/mol. The van der Waals surface area contributed by atoms with Gasteiger partial charge in [0.25, 0.3) is 5.91 Å². The minimum absolute atomic E-state index is 0.0834. The summed E-state index contributed by atoms with van der Waals surface area (Å²) in [6.07, 6.45) is -1.10. The van der Waals surface area contributed by atoms with Crippen LogP contribution >= 0.6 is 70.2 Å². The van der Waals surface area contributed by atoms with E-state index in [1.165, 1.54) is 0 Å². The van der Waals surface area contributed by atoms with Gasteiger partial charge in [0.2, 0.25) is 3.79 Å². The molecule has 0 aliphatic heterocycles. The lowest BCUT2D eigenvalue weighted by Crippen LogP contribution is -2.56. The van der Waals surface area contributed by atoms with Gasteiger partial charge in [0.1, 0.15) is 6.17 Å². The largest absolute Gasteiger partial charge is 0.339 e. The van der Waals surface area contributed by atoms with Gasteiger partial charge >= 0.3 is 0 Å². The predicted molar refractivity (Wildman–Crippen MR) is 119 cm³/mol. The number of amides is 1. The summed E-state index contributed by atoms with van der Waals surface area (Å²) < 4.78 is -1.87. The molecule has 1 amide bonds. The zero-order valence-corrected chi connectivity index (χ0v) is 18.4. The summed E-state index contributed by atoms with van der Waals surface area (Å²) in [6.45, 7) is 1.87. The number of carbonyl (C=O) groups excluding carboxylic acids is 1. The van der Waals surface area contributed by atoms with Crippen molar-refractivity contribution in [3.05, 3.63) is 63.6 Å². The fourth-order valence-corrected chi connectivity index (χ4v) is 2.98. The monoisotopic (exact) mass is 483 g/mol. The first-order chi connectivity index (χ1) is 12.6. The third-order valence-electron chi connectivity index (χ3n) is 3.34. The van der Waals surface area contributed by atoms with Crippen molar-refractivity contribution >= 4 is 86.9 Å². The Morgan fingerprint density at radius 3 is 2.41 bits per heavy atom. The molecule has 1 atom stereocenters. The zero-order valence-electron chi connectivity index (χ0n) is 13.8. The Labute approximate surface area is 187 Å². The normalized spacial score (nSPS) is 12.2. The van der Waals surface area contributed by atoms with E-state index in [1.54, 1.807) is 36.4 Å². The van der Waals surface area contributed by atoms with Gasteiger partial charge in [-0.2, -0.15) is 0 Å². The zero-order chi connectivity index (χ0) is 20.2. The van der Waals surface area contributed by atoms with Crippen molar-refractivity contribution in [2.45, 2.75) is 16.9 Å². The summed E-state index contributed by atoms with van der Waals surface area (Å²) in [4.78, 5) is 12.5. The first kappa shape index (κ1) is 22.3. The second-order valence-corrected chi connectivity index (χ2v) is 9.16. The highest BCUT2D eigenvalue weighted by molar-refractivity contribution is 7.80. The van der Waals surface area contributed by atoms with E-state index in [2.05, 4.69) is 16.0 Å². The van der Waals surface area contributed by atoms with E-state index < -0.39 is 15.9 Å². The van der Waals surface area contributed by atoms with Crippen LogP contribution in [-0.4, -0.2) is 21.0 Å². The fraction of sp³-hybridized carbons (Fsp3) is 0.176. The Hall–Kier alpha value is -0.950. The molecule has 0 unspecified atom stereocenters. The Balaban J connectivity index is 2.11. The molecule has 27 heavy (non-hydrogen) atoms. The molecule has 0 saturated carbocycles. The van der Waals surface area contributed by atoms with Crippen LogP contribution in [0.15, 0.2) is 42.5 Å². The molecule has 3 N–H and O–H groups in total. The van der Waals surface area contributed by atoms with Gasteiger partial charge < -0.3 is 16.0 Å². The number of rotatable bonds is 4. The Morgan fingerprint density at radius 1 is 1.07 bits per heavy atom. The van der Waals surface area contributed by atoms with Crippen LogP contribution in [0.1, 0.15) is 15.9 Å². The highest BCUT2D eigenvalue weighted by Crippen LogP contribution is 2.30. The summed E-state index contributed by atoms with van der Waals surface area (Å²) in [5.74, 6) is -0.425. The summed E-state index contributed by atoms with van der Waals surface area (Å²) in [6, 6.07) is 11.8. The van der Waals surface area contributed by atoms with E-state index in [0.29, 0.717) is 21.3 Å².